The first-order valence-electron chi connectivity index (χ1n) is 6.70. The smallest absolute Gasteiger partial charge is 0.0417 e. The summed E-state index contributed by atoms with van der Waals surface area (Å²) >= 11 is 5.57. The first-order chi connectivity index (χ1) is 8.20. The Balaban J connectivity index is 2.02. The monoisotopic (exact) mass is 315 g/mol. The van der Waals surface area contributed by atoms with E-state index in [0.29, 0.717) is 6.04 Å². The van der Waals surface area contributed by atoms with Crippen molar-refractivity contribution >= 4 is 27.3 Å². The van der Waals surface area contributed by atoms with Gasteiger partial charge in [0.2, 0.25) is 0 Å². The Labute approximate surface area is 117 Å². The molecule has 1 heterocycles. The number of thiophene rings is 1. The number of nitrogens with one attached hydrogen (secondary N) is 1. The van der Waals surface area contributed by atoms with E-state index in [4.69, 9.17) is 0 Å². The van der Waals surface area contributed by atoms with E-state index in [1.54, 1.807) is 0 Å². The van der Waals surface area contributed by atoms with Crippen molar-refractivity contribution in [2.75, 3.05) is 6.54 Å². The highest BCUT2D eigenvalue weighted by Gasteiger charge is 2.24. The molecule has 96 valence electrons. The maximum atomic E-state index is 3.71. The van der Waals surface area contributed by atoms with Crippen LogP contribution in [-0.2, 0) is 0 Å². The lowest BCUT2D eigenvalue weighted by atomic mass is 9.80. The molecule has 0 amide bonds. The van der Waals surface area contributed by atoms with Crippen molar-refractivity contribution in [1.29, 1.82) is 0 Å². The van der Waals surface area contributed by atoms with Crippen molar-refractivity contribution in [3.05, 3.63) is 20.3 Å². The van der Waals surface area contributed by atoms with Crippen molar-refractivity contribution < 1.29 is 0 Å². The van der Waals surface area contributed by atoms with Crippen LogP contribution in [-0.4, -0.2) is 6.54 Å². The molecule has 0 aromatic carbocycles. The predicted octanol–water partition coefficient (Wildman–Crippen LogP) is 5.05. The van der Waals surface area contributed by atoms with E-state index >= 15 is 0 Å². The Hall–Kier alpha value is 0.140. The van der Waals surface area contributed by atoms with Gasteiger partial charge in [-0.2, -0.15) is 0 Å². The molecule has 1 aliphatic rings. The van der Waals surface area contributed by atoms with Gasteiger partial charge in [0.1, 0.15) is 0 Å². The molecule has 0 saturated heterocycles. The zero-order chi connectivity index (χ0) is 12.3. The number of halogens is 1. The van der Waals surface area contributed by atoms with Gasteiger partial charge in [-0.25, -0.2) is 0 Å². The molecular formula is C14H22BrNS. The van der Waals surface area contributed by atoms with Crippen LogP contribution in [0.15, 0.2) is 10.5 Å². The van der Waals surface area contributed by atoms with Crippen LogP contribution in [0, 0.1) is 12.8 Å². The van der Waals surface area contributed by atoms with Gasteiger partial charge in [-0.3, -0.25) is 0 Å². The molecule has 0 radical (unpaired) electrons. The number of rotatable bonds is 6. The summed E-state index contributed by atoms with van der Waals surface area (Å²) in [5, 5.41) is 3.71. The Kier molecular flexibility index (Phi) is 5.07. The van der Waals surface area contributed by atoms with Crippen LogP contribution in [0.5, 0.6) is 0 Å². The molecule has 3 heteroatoms. The van der Waals surface area contributed by atoms with Gasteiger partial charge in [-0.05, 0) is 54.2 Å². The summed E-state index contributed by atoms with van der Waals surface area (Å²) in [6, 6.07) is 2.89. The Morgan fingerprint density at radius 3 is 2.76 bits per heavy atom. The van der Waals surface area contributed by atoms with E-state index in [2.05, 4.69) is 41.2 Å². The quantitative estimate of drug-likeness (QED) is 0.774. The Morgan fingerprint density at radius 1 is 1.53 bits per heavy atom. The lowest BCUT2D eigenvalue weighted by molar-refractivity contribution is 0.262. The van der Waals surface area contributed by atoms with Gasteiger partial charge in [0.05, 0.1) is 0 Å². The van der Waals surface area contributed by atoms with Gasteiger partial charge in [-0.15, -0.1) is 11.3 Å². The van der Waals surface area contributed by atoms with Gasteiger partial charge in [0.15, 0.2) is 0 Å². The second kappa shape index (κ2) is 6.35. The summed E-state index contributed by atoms with van der Waals surface area (Å²) in [6.45, 7) is 5.56. The summed E-state index contributed by atoms with van der Waals surface area (Å²) in [7, 11) is 0. The highest BCUT2D eigenvalue weighted by atomic mass is 79.9. The third-order valence-corrected chi connectivity index (χ3v) is 5.90. The molecule has 0 spiro atoms. The first kappa shape index (κ1) is 13.6. The van der Waals surface area contributed by atoms with E-state index in [9.17, 15) is 0 Å². The normalized spacial score (nSPS) is 18.1. The Morgan fingerprint density at radius 2 is 2.29 bits per heavy atom. The number of hydrogen-bond donors (Lipinski definition) is 1. The molecular weight excluding hydrogens is 294 g/mol. The zero-order valence-electron chi connectivity index (χ0n) is 10.8. The van der Waals surface area contributed by atoms with E-state index in [-0.39, 0.29) is 0 Å². The molecule has 1 saturated carbocycles. The van der Waals surface area contributed by atoms with Crippen LogP contribution < -0.4 is 5.32 Å². The lowest BCUT2D eigenvalue weighted by Gasteiger charge is -2.29. The van der Waals surface area contributed by atoms with E-state index in [1.165, 1.54) is 46.3 Å². The fourth-order valence-corrected chi connectivity index (χ4v) is 3.98. The highest BCUT2D eigenvalue weighted by molar-refractivity contribution is 9.10. The topological polar surface area (TPSA) is 12.0 Å². The molecule has 0 aliphatic heterocycles. The van der Waals surface area contributed by atoms with E-state index in [1.807, 2.05) is 11.3 Å². The van der Waals surface area contributed by atoms with Crippen molar-refractivity contribution in [2.24, 2.45) is 5.92 Å². The van der Waals surface area contributed by atoms with Crippen LogP contribution in [0.3, 0.4) is 0 Å². The largest absolute Gasteiger partial charge is 0.309 e. The molecule has 0 bridgehead atoms. The van der Waals surface area contributed by atoms with Crippen molar-refractivity contribution in [2.45, 2.75) is 52.0 Å². The number of aryl methyl sites for hydroxylation is 1. The SMILES string of the molecule is CCCNC(CC1CCC1)c1cc(Br)c(C)s1. The minimum atomic E-state index is 0.579. The van der Waals surface area contributed by atoms with Crippen LogP contribution in [0.1, 0.15) is 54.8 Å². The van der Waals surface area contributed by atoms with Crippen LogP contribution in [0.4, 0.5) is 0 Å². The number of hydrogen-bond acceptors (Lipinski definition) is 2. The molecule has 17 heavy (non-hydrogen) atoms. The molecule has 1 aromatic rings. The van der Waals surface area contributed by atoms with E-state index in [0.717, 1.165) is 12.5 Å². The molecule has 1 aromatic heterocycles. The summed E-state index contributed by atoms with van der Waals surface area (Å²) in [5.74, 6) is 0.963. The van der Waals surface area contributed by atoms with Gasteiger partial charge >= 0.3 is 0 Å². The lowest BCUT2D eigenvalue weighted by Crippen LogP contribution is -2.26. The minimum Gasteiger partial charge on any atom is -0.309 e. The molecule has 1 nitrogen and oxygen atoms in total. The van der Waals surface area contributed by atoms with Gasteiger partial charge in [0.25, 0.3) is 0 Å². The van der Waals surface area contributed by atoms with Crippen LogP contribution >= 0.6 is 27.3 Å². The van der Waals surface area contributed by atoms with Crippen molar-refractivity contribution in [3.8, 4) is 0 Å². The minimum absolute atomic E-state index is 0.579. The summed E-state index contributed by atoms with van der Waals surface area (Å²) < 4.78 is 1.27. The molecule has 1 unspecified atom stereocenters. The predicted molar refractivity (Wildman–Crippen MR) is 79.7 cm³/mol. The van der Waals surface area contributed by atoms with Crippen molar-refractivity contribution in [1.82, 2.24) is 5.32 Å². The summed E-state index contributed by atoms with van der Waals surface area (Å²) in [5.41, 5.74) is 0. The average molecular weight is 316 g/mol. The third-order valence-electron chi connectivity index (χ3n) is 3.65. The maximum absolute atomic E-state index is 3.71. The fourth-order valence-electron chi connectivity index (χ4n) is 2.33. The summed E-state index contributed by atoms with van der Waals surface area (Å²) in [6.07, 6.45) is 6.86. The molecule has 1 aliphatic carbocycles. The maximum Gasteiger partial charge on any atom is 0.0417 e. The first-order valence-corrected chi connectivity index (χ1v) is 8.31. The second-order valence-corrected chi connectivity index (χ2v) is 7.23. The fraction of sp³-hybridized carbons (Fsp3) is 0.714. The third kappa shape index (κ3) is 3.55. The second-order valence-electron chi connectivity index (χ2n) is 5.09. The zero-order valence-corrected chi connectivity index (χ0v) is 13.2. The summed E-state index contributed by atoms with van der Waals surface area (Å²) in [4.78, 5) is 2.91. The van der Waals surface area contributed by atoms with Crippen LogP contribution in [0.2, 0.25) is 0 Å². The molecule has 1 atom stereocenters. The van der Waals surface area contributed by atoms with Gasteiger partial charge in [-0.1, -0.05) is 26.2 Å². The van der Waals surface area contributed by atoms with E-state index < -0.39 is 0 Å². The standard InChI is InChI=1S/C14H22BrNS/c1-3-7-16-13(8-11-5-4-6-11)14-9-12(15)10(2)17-14/h9,11,13,16H,3-8H2,1-2H3. The average Bonchev–Trinajstić information content (AvgIpc) is 2.57. The van der Waals surface area contributed by atoms with Gasteiger partial charge < -0.3 is 5.32 Å². The Bertz CT molecular complexity index is 338. The van der Waals surface area contributed by atoms with Gasteiger partial charge in [0, 0.05) is 20.3 Å². The molecule has 1 fully saturated rings. The van der Waals surface area contributed by atoms with Crippen LogP contribution in [0.25, 0.3) is 0 Å². The van der Waals surface area contributed by atoms with Crippen molar-refractivity contribution in [3.63, 3.8) is 0 Å². The highest BCUT2D eigenvalue weighted by Crippen LogP contribution is 2.38. The molecule has 1 N–H and O–H groups in total. The molecule has 2 rings (SSSR count).